The molecule has 6 heteroatoms. The van der Waals surface area contributed by atoms with Crippen molar-refractivity contribution in [2.24, 2.45) is 0 Å². The molecule has 27 heavy (non-hydrogen) atoms. The number of hydrogen-bond acceptors (Lipinski definition) is 5. The maximum atomic E-state index is 12.9. The van der Waals surface area contributed by atoms with Gasteiger partial charge in [0, 0.05) is 18.9 Å². The minimum absolute atomic E-state index is 0.0300. The van der Waals surface area contributed by atoms with Crippen molar-refractivity contribution >= 4 is 17.2 Å². The maximum Gasteiger partial charge on any atom is 0.263 e. The fraction of sp³-hybridized carbons (Fsp3) is 0.524. The van der Waals surface area contributed by atoms with Gasteiger partial charge in [-0.05, 0) is 63.4 Å². The van der Waals surface area contributed by atoms with E-state index in [1.165, 1.54) is 12.0 Å². The molecule has 2 unspecified atom stereocenters. The predicted octanol–water partition coefficient (Wildman–Crippen LogP) is 3.73. The second-order valence-corrected chi connectivity index (χ2v) is 8.74. The SMILES string of the molecule is Cc1nc(C2CCCNC2)sc1C(=O)N[C@H](C)c1ccc2c(c1)CC(C)O2. The average Bonchev–Trinajstić information content (AvgIpc) is 3.23. The third-order valence-electron chi connectivity index (χ3n) is 5.43. The molecule has 1 aromatic heterocycles. The highest BCUT2D eigenvalue weighted by atomic mass is 32.1. The molecule has 2 aliphatic heterocycles. The summed E-state index contributed by atoms with van der Waals surface area (Å²) in [6, 6.07) is 6.16. The van der Waals surface area contributed by atoms with Crippen molar-refractivity contribution in [3.8, 4) is 5.75 Å². The number of benzene rings is 1. The Morgan fingerprint density at radius 3 is 3.07 bits per heavy atom. The lowest BCUT2D eigenvalue weighted by atomic mass is 10.0. The van der Waals surface area contributed by atoms with E-state index in [4.69, 9.17) is 9.72 Å². The fourth-order valence-corrected chi connectivity index (χ4v) is 5.03. The third kappa shape index (κ3) is 3.87. The molecule has 0 spiro atoms. The van der Waals surface area contributed by atoms with Gasteiger partial charge in [0.15, 0.2) is 0 Å². The van der Waals surface area contributed by atoms with E-state index >= 15 is 0 Å². The number of ether oxygens (including phenoxy) is 1. The normalized spacial score (nSPS) is 22.8. The molecule has 2 N–H and O–H groups in total. The lowest BCUT2D eigenvalue weighted by Crippen LogP contribution is -2.28. The number of fused-ring (bicyclic) bond motifs is 1. The average molecular weight is 386 g/mol. The standard InChI is InChI=1S/C21H27N3O2S/c1-12-9-17-10-15(6-7-18(17)26-12)13(2)23-20(25)19-14(3)24-21(27-19)16-5-4-8-22-11-16/h6-7,10,12-13,16,22H,4-5,8-9,11H2,1-3H3,(H,23,25)/t12?,13-,16?/m1/s1. The Bertz CT molecular complexity index is 842. The van der Waals surface area contributed by atoms with Crippen LogP contribution in [0.2, 0.25) is 0 Å². The number of nitrogens with one attached hydrogen (secondary N) is 2. The van der Waals surface area contributed by atoms with Crippen molar-refractivity contribution < 1.29 is 9.53 Å². The van der Waals surface area contributed by atoms with Crippen LogP contribution in [-0.4, -0.2) is 30.1 Å². The van der Waals surface area contributed by atoms with Crippen molar-refractivity contribution in [2.75, 3.05) is 13.1 Å². The molecule has 5 nitrogen and oxygen atoms in total. The predicted molar refractivity (Wildman–Crippen MR) is 108 cm³/mol. The van der Waals surface area contributed by atoms with Crippen molar-refractivity contribution in [1.29, 1.82) is 0 Å². The molecule has 3 atom stereocenters. The fourth-order valence-electron chi connectivity index (χ4n) is 3.92. The zero-order valence-corrected chi connectivity index (χ0v) is 17.0. The number of aryl methyl sites for hydroxylation is 1. The quantitative estimate of drug-likeness (QED) is 0.842. The van der Waals surface area contributed by atoms with Crippen LogP contribution in [-0.2, 0) is 6.42 Å². The van der Waals surface area contributed by atoms with Crippen LogP contribution in [0.4, 0.5) is 0 Å². The number of piperidine rings is 1. The number of thiazole rings is 1. The van der Waals surface area contributed by atoms with Gasteiger partial charge in [-0.2, -0.15) is 0 Å². The Kier molecular flexibility index (Phi) is 5.19. The number of carbonyl (C=O) groups excluding carboxylic acids is 1. The molecule has 1 aromatic carbocycles. The lowest BCUT2D eigenvalue weighted by molar-refractivity contribution is 0.0943. The first-order valence-electron chi connectivity index (χ1n) is 9.79. The maximum absolute atomic E-state index is 12.9. The first-order chi connectivity index (χ1) is 13.0. The highest BCUT2D eigenvalue weighted by molar-refractivity contribution is 7.13. The van der Waals surface area contributed by atoms with Gasteiger partial charge in [0.2, 0.25) is 0 Å². The zero-order valence-electron chi connectivity index (χ0n) is 16.2. The van der Waals surface area contributed by atoms with Crippen LogP contribution >= 0.6 is 11.3 Å². The Morgan fingerprint density at radius 2 is 2.30 bits per heavy atom. The van der Waals surface area contributed by atoms with Crippen LogP contribution in [0, 0.1) is 6.92 Å². The molecule has 2 aromatic rings. The summed E-state index contributed by atoms with van der Waals surface area (Å²) < 4.78 is 5.77. The number of aromatic nitrogens is 1. The highest BCUT2D eigenvalue weighted by Crippen LogP contribution is 2.32. The van der Waals surface area contributed by atoms with Crippen LogP contribution in [0.1, 0.15) is 70.1 Å². The number of nitrogens with zero attached hydrogens (tertiary/aromatic N) is 1. The van der Waals surface area contributed by atoms with Crippen LogP contribution in [0.25, 0.3) is 0 Å². The summed E-state index contributed by atoms with van der Waals surface area (Å²) in [6.45, 7) is 8.08. The Hall–Kier alpha value is -1.92. The summed E-state index contributed by atoms with van der Waals surface area (Å²) in [7, 11) is 0. The minimum Gasteiger partial charge on any atom is -0.490 e. The van der Waals surface area contributed by atoms with Crippen molar-refractivity contribution in [3.63, 3.8) is 0 Å². The first-order valence-corrected chi connectivity index (χ1v) is 10.6. The van der Waals surface area contributed by atoms with Gasteiger partial charge >= 0.3 is 0 Å². The topological polar surface area (TPSA) is 63.2 Å². The number of carbonyl (C=O) groups is 1. The lowest BCUT2D eigenvalue weighted by Gasteiger charge is -2.20. The van der Waals surface area contributed by atoms with E-state index in [9.17, 15) is 4.79 Å². The van der Waals surface area contributed by atoms with Gasteiger partial charge in [-0.1, -0.05) is 6.07 Å². The zero-order chi connectivity index (χ0) is 19.0. The van der Waals surface area contributed by atoms with E-state index in [1.807, 2.05) is 26.0 Å². The van der Waals surface area contributed by atoms with E-state index in [0.717, 1.165) is 52.8 Å². The summed E-state index contributed by atoms with van der Waals surface area (Å²) in [5.41, 5.74) is 3.17. The molecule has 0 bridgehead atoms. The molecular weight excluding hydrogens is 358 g/mol. The van der Waals surface area contributed by atoms with Crippen molar-refractivity contribution in [3.05, 3.63) is 44.9 Å². The summed E-state index contributed by atoms with van der Waals surface area (Å²) >= 11 is 1.55. The third-order valence-corrected chi connectivity index (χ3v) is 6.75. The van der Waals surface area contributed by atoms with Gasteiger partial charge in [0.1, 0.15) is 16.7 Å². The van der Waals surface area contributed by atoms with Gasteiger partial charge in [-0.3, -0.25) is 4.79 Å². The second-order valence-electron chi connectivity index (χ2n) is 7.70. The van der Waals surface area contributed by atoms with E-state index in [2.05, 4.69) is 23.6 Å². The number of rotatable bonds is 4. The summed E-state index contributed by atoms with van der Waals surface area (Å²) in [5, 5.41) is 7.66. The largest absolute Gasteiger partial charge is 0.490 e. The smallest absolute Gasteiger partial charge is 0.263 e. The molecule has 0 aliphatic carbocycles. The minimum atomic E-state index is -0.0556. The molecule has 0 saturated carbocycles. The second kappa shape index (κ2) is 7.60. The molecule has 0 radical (unpaired) electrons. The Labute approximate surface area is 164 Å². The van der Waals surface area contributed by atoms with E-state index in [0.29, 0.717) is 5.92 Å². The molecule has 1 saturated heterocycles. The number of amides is 1. The van der Waals surface area contributed by atoms with Gasteiger partial charge in [0.25, 0.3) is 5.91 Å². The van der Waals surface area contributed by atoms with Crippen LogP contribution in [0.15, 0.2) is 18.2 Å². The molecule has 3 heterocycles. The van der Waals surface area contributed by atoms with E-state index in [1.54, 1.807) is 11.3 Å². The van der Waals surface area contributed by atoms with Crippen molar-refractivity contribution in [1.82, 2.24) is 15.6 Å². The highest BCUT2D eigenvalue weighted by Gasteiger charge is 2.24. The molecular formula is C21H27N3O2S. The monoisotopic (exact) mass is 385 g/mol. The Morgan fingerprint density at radius 1 is 1.44 bits per heavy atom. The van der Waals surface area contributed by atoms with Gasteiger partial charge < -0.3 is 15.4 Å². The summed E-state index contributed by atoms with van der Waals surface area (Å²) in [5.74, 6) is 1.37. The van der Waals surface area contributed by atoms with Crippen LogP contribution in [0.5, 0.6) is 5.75 Å². The summed E-state index contributed by atoms with van der Waals surface area (Å²) in [6.07, 6.45) is 3.47. The Balaban J connectivity index is 1.46. The van der Waals surface area contributed by atoms with Crippen LogP contribution < -0.4 is 15.4 Å². The number of hydrogen-bond donors (Lipinski definition) is 2. The van der Waals surface area contributed by atoms with Gasteiger partial charge in [-0.15, -0.1) is 11.3 Å². The van der Waals surface area contributed by atoms with Gasteiger partial charge in [-0.25, -0.2) is 4.98 Å². The van der Waals surface area contributed by atoms with Crippen LogP contribution in [0.3, 0.4) is 0 Å². The molecule has 1 amide bonds. The van der Waals surface area contributed by atoms with E-state index in [-0.39, 0.29) is 18.1 Å². The first kappa shape index (κ1) is 18.4. The van der Waals surface area contributed by atoms with E-state index < -0.39 is 0 Å². The summed E-state index contributed by atoms with van der Waals surface area (Å²) in [4.78, 5) is 18.3. The molecule has 2 aliphatic rings. The van der Waals surface area contributed by atoms with Gasteiger partial charge in [0.05, 0.1) is 16.7 Å². The molecule has 1 fully saturated rings. The molecule has 144 valence electrons. The van der Waals surface area contributed by atoms with Crippen molar-refractivity contribution in [2.45, 2.75) is 58.1 Å². The molecule has 4 rings (SSSR count).